The van der Waals surface area contributed by atoms with Gasteiger partial charge in [0.1, 0.15) is 0 Å². The molecule has 1 aromatic rings. The van der Waals surface area contributed by atoms with Gasteiger partial charge in [0.05, 0.1) is 6.04 Å². The number of thiophene rings is 1. The topological polar surface area (TPSA) is 35.6 Å². The molecule has 2 heterocycles. The molecule has 0 bridgehead atoms. The van der Waals surface area contributed by atoms with Gasteiger partial charge in [-0.25, -0.2) is 0 Å². The van der Waals surface area contributed by atoms with E-state index in [0.717, 1.165) is 32.7 Å². The van der Waals surface area contributed by atoms with E-state index in [4.69, 9.17) is 0 Å². The number of carbonyl (C=O) groups is 1. The number of likely N-dealkylation sites (N-methyl/N-ethyl adjacent to an activating group) is 1. The fraction of sp³-hybridized carbons (Fsp3) is 0.706. The highest BCUT2D eigenvalue weighted by molar-refractivity contribution is 7.10. The Morgan fingerprint density at radius 2 is 2.09 bits per heavy atom. The number of amides is 1. The number of hydrogen-bond acceptors (Lipinski definition) is 4. The van der Waals surface area contributed by atoms with Crippen molar-refractivity contribution >= 4 is 17.2 Å². The molecule has 1 aliphatic heterocycles. The molecule has 1 aromatic heterocycles. The maximum absolute atomic E-state index is 12.3. The third-order valence-corrected chi connectivity index (χ3v) is 6.04. The monoisotopic (exact) mass is 321 g/mol. The van der Waals surface area contributed by atoms with Crippen molar-refractivity contribution in [3.8, 4) is 0 Å². The standard InChI is InChI=1S/C17H27N3OS/c1-13(14-5-6-14)17(21)18-12-15(16-4-3-11-22-16)20-9-7-19(2)8-10-20/h3-4,11,13-15H,5-10,12H2,1-2H3,(H,18,21). The molecule has 0 spiro atoms. The summed E-state index contributed by atoms with van der Waals surface area (Å²) in [6, 6.07) is 4.63. The second-order valence-electron chi connectivity index (χ2n) is 6.74. The van der Waals surface area contributed by atoms with Crippen molar-refractivity contribution in [2.45, 2.75) is 25.8 Å². The normalized spacial score (nSPS) is 23.2. The highest BCUT2D eigenvalue weighted by Crippen LogP contribution is 2.36. The number of nitrogens with zero attached hydrogens (tertiary/aromatic N) is 2. The highest BCUT2D eigenvalue weighted by Gasteiger charge is 2.33. The maximum Gasteiger partial charge on any atom is 0.223 e. The first-order valence-corrected chi connectivity index (χ1v) is 9.27. The number of rotatable bonds is 6. The molecule has 2 unspecified atom stereocenters. The molecule has 22 heavy (non-hydrogen) atoms. The molecule has 1 saturated carbocycles. The Bertz CT molecular complexity index is 478. The van der Waals surface area contributed by atoms with E-state index >= 15 is 0 Å². The van der Waals surface area contributed by atoms with Crippen LogP contribution in [0.3, 0.4) is 0 Å². The van der Waals surface area contributed by atoms with Crippen LogP contribution < -0.4 is 5.32 Å². The van der Waals surface area contributed by atoms with E-state index in [1.807, 2.05) is 0 Å². The highest BCUT2D eigenvalue weighted by atomic mass is 32.1. The van der Waals surface area contributed by atoms with Gasteiger partial charge in [-0.2, -0.15) is 0 Å². The molecule has 2 fully saturated rings. The molecular weight excluding hydrogens is 294 g/mol. The summed E-state index contributed by atoms with van der Waals surface area (Å²) in [5.74, 6) is 1.04. The summed E-state index contributed by atoms with van der Waals surface area (Å²) in [5.41, 5.74) is 0. The van der Waals surface area contributed by atoms with Gasteiger partial charge < -0.3 is 10.2 Å². The van der Waals surface area contributed by atoms with Crippen molar-refractivity contribution < 1.29 is 4.79 Å². The van der Waals surface area contributed by atoms with Crippen LogP contribution in [0, 0.1) is 11.8 Å². The van der Waals surface area contributed by atoms with Gasteiger partial charge in [0.25, 0.3) is 0 Å². The molecule has 3 rings (SSSR count). The molecule has 122 valence electrons. The van der Waals surface area contributed by atoms with Crippen LogP contribution in [0.15, 0.2) is 17.5 Å². The molecule has 0 aromatic carbocycles. The Morgan fingerprint density at radius 1 is 1.36 bits per heavy atom. The van der Waals surface area contributed by atoms with Gasteiger partial charge in [-0.05, 0) is 37.3 Å². The van der Waals surface area contributed by atoms with Crippen LogP contribution in [0.5, 0.6) is 0 Å². The first-order chi connectivity index (χ1) is 10.6. The Kier molecular flexibility index (Phi) is 5.16. The predicted molar refractivity (Wildman–Crippen MR) is 91.0 cm³/mol. The van der Waals surface area contributed by atoms with Crippen molar-refractivity contribution in [1.82, 2.24) is 15.1 Å². The minimum Gasteiger partial charge on any atom is -0.354 e. The summed E-state index contributed by atoms with van der Waals surface area (Å²) in [5, 5.41) is 5.35. The summed E-state index contributed by atoms with van der Waals surface area (Å²) in [7, 11) is 2.18. The zero-order chi connectivity index (χ0) is 15.5. The second kappa shape index (κ2) is 7.11. The van der Waals surface area contributed by atoms with E-state index in [9.17, 15) is 4.79 Å². The lowest BCUT2D eigenvalue weighted by atomic mass is 10.1. The van der Waals surface area contributed by atoms with Crippen molar-refractivity contribution in [2.75, 3.05) is 39.8 Å². The quantitative estimate of drug-likeness (QED) is 0.872. The van der Waals surface area contributed by atoms with E-state index in [-0.39, 0.29) is 11.8 Å². The fourth-order valence-corrected chi connectivity index (χ4v) is 4.05. The Balaban J connectivity index is 1.60. The maximum atomic E-state index is 12.3. The van der Waals surface area contributed by atoms with E-state index < -0.39 is 0 Å². The molecule has 1 saturated heterocycles. The third-order valence-electron chi connectivity index (χ3n) is 5.06. The van der Waals surface area contributed by atoms with E-state index in [0.29, 0.717) is 12.0 Å². The zero-order valence-electron chi connectivity index (χ0n) is 13.6. The summed E-state index contributed by atoms with van der Waals surface area (Å²) in [6.45, 7) is 7.17. The third kappa shape index (κ3) is 3.89. The minimum absolute atomic E-state index is 0.177. The van der Waals surface area contributed by atoms with Gasteiger partial charge >= 0.3 is 0 Å². The van der Waals surface area contributed by atoms with Crippen LogP contribution in [0.1, 0.15) is 30.7 Å². The van der Waals surface area contributed by atoms with Gasteiger partial charge in [-0.15, -0.1) is 11.3 Å². The van der Waals surface area contributed by atoms with Gasteiger partial charge in [-0.1, -0.05) is 13.0 Å². The average Bonchev–Trinajstić information content (AvgIpc) is 3.24. The lowest BCUT2D eigenvalue weighted by molar-refractivity contribution is -0.125. The summed E-state index contributed by atoms with van der Waals surface area (Å²) in [4.78, 5) is 18.6. The molecule has 1 N–H and O–H groups in total. The van der Waals surface area contributed by atoms with Crippen molar-refractivity contribution in [3.05, 3.63) is 22.4 Å². The van der Waals surface area contributed by atoms with Crippen LogP contribution >= 0.6 is 11.3 Å². The van der Waals surface area contributed by atoms with Crippen LogP contribution in [0.2, 0.25) is 0 Å². The summed E-state index contributed by atoms with van der Waals surface area (Å²) in [6.07, 6.45) is 2.45. The molecule has 5 heteroatoms. The van der Waals surface area contributed by atoms with Crippen molar-refractivity contribution in [3.63, 3.8) is 0 Å². The molecule has 1 aliphatic carbocycles. The molecular formula is C17H27N3OS. The molecule has 0 radical (unpaired) electrons. The molecule has 4 nitrogen and oxygen atoms in total. The zero-order valence-corrected chi connectivity index (χ0v) is 14.4. The van der Waals surface area contributed by atoms with E-state index in [1.165, 1.54) is 17.7 Å². The van der Waals surface area contributed by atoms with Crippen LogP contribution in [-0.4, -0.2) is 55.5 Å². The first-order valence-electron chi connectivity index (χ1n) is 8.39. The van der Waals surface area contributed by atoms with Gasteiger partial charge in [0, 0.05) is 43.5 Å². The van der Waals surface area contributed by atoms with Gasteiger partial charge in [0.15, 0.2) is 0 Å². The number of hydrogen-bond donors (Lipinski definition) is 1. The van der Waals surface area contributed by atoms with Crippen molar-refractivity contribution in [1.29, 1.82) is 0 Å². The van der Waals surface area contributed by atoms with Gasteiger partial charge in [0.2, 0.25) is 5.91 Å². The lowest BCUT2D eigenvalue weighted by Crippen LogP contribution is -2.48. The smallest absolute Gasteiger partial charge is 0.223 e. The molecule has 1 amide bonds. The molecule has 2 atom stereocenters. The fourth-order valence-electron chi connectivity index (χ4n) is 3.19. The van der Waals surface area contributed by atoms with Gasteiger partial charge in [-0.3, -0.25) is 9.69 Å². The Morgan fingerprint density at radius 3 is 2.68 bits per heavy atom. The number of nitrogens with one attached hydrogen (secondary N) is 1. The SMILES string of the molecule is CC(C(=O)NCC(c1cccs1)N1CCN(C)CC1)C1CC1. The predicted octanol–water partition coefficient (Wildman–Crippen LogP) is 2.20. The lowest BCUT2D eigenvalue weighted by Gasteiger charge is -2.37. The largest absolute Gasteiger partial charge is 0.354 e. The van der Waals surface area contributed by atoms with E-state index in [1.54, 1.807) is 11.3 Å². The Labute approximate surface area is 137 Å². The molecule has 2 aliphatic rings. The summed E-state index contributed by atoms with van der Waals surface area (Å²) < 4.78 is 0. The average molecular weight is 321 g/mol. The minimum atomic E-state index is 0.177. The second-order valence-corrected chi connectivity index (χ2v) is 7.72. The summed E-state index contributed by atoms with van der Waals surface area (Å²) >= 11 is 1.80. The van der Waals surface area contributed by atoms with Crippen LogP contribution in [0.4, 0.5) is 0 Å². The van der Waals surface area contributed by atoms with Crippen molar-refractivity contribution in [2.24, 2.45) is 11.8 Å². The Hall–Kier alpha value is -0.910. The van der Waals surface area contributed by atoms with E-state index in [2.05, 4.69) is 46.6 Å². The number of carbonyl (C=O) groups excluding carboxylic acids is 1. The van der Waals surface area contributed by atoms with Crippen LogP contribution in [-0.2, 0) is 4.79 Å². The first kappa shape index (κ1) is 16.0. The van der Waals surface area contributed by atoms with Crippen LogP contribution in [0.25, 0.3) is 0 Å². The number of piperazine rings is 1.